The molecule has 2 rings (SSSR count). The number of hydrogen-bond donors (Lipinski definition) is 2. The quantitative estimate of drug-likeness (QED) is 0.563. The number of para-hydroxylation sites is 1. The van der Waals surface area contributed by atoms with Crippen LogP contribution in [0.4, 0.5) is 5.69 Å². The van der Waals surface area contributed by atoms with E-state index in [1.54, 1.807) is 28.0 Å². The molecule has 0 atom stereocenters. The molecule has 0 saturated carbocycles. The lowest BCUT2D eigenvalue weighted by molar-refractivity contribution is -0.130. The molecule has 6 heteroatoms. The zero-order chi connectivity index (χ0) is 14.0. The Bertz CT molecular complexity index is 508. The maximum absolute atomic E-state index is 12.3. The van der Waals surface area contributed by atoms with E-state index < -0.39 is 0 Å². The first-order valence-corrected chi connectivity index (χ1v) is 6.13. The van der Waals surface area contributed by atoms with Gasteiger partial charge in [-0.05, 0) is 12.1 Å². The Morgan fingerprint density at radius 2 is 1.74 bits per heavy atom. The number of nitrogens with two attached hydrogens (primary N) is 1. The summed E-state index contributed by atoms with van der Waals surface area (Å²) >= 11 is 0. The predicted molar refractivity (Wildman–Crippen MR) is 70.7 cm³/mol. The maximum atomic E-state index is 12.3. The number of nitrogen functional groups attached to an aromatic ring is 1. The van der Waals surface area contributed by atoms with Crippen molar-refractivity contribution in [3.63, 3.8) is 0 Å². The van der Waals surface area contributed by atoms with Crippen molar-refractivity contribution in [1.29, 1.82) is 0 Å². The number of hydrogen-bond acceptors (Lipinski definition) is 4. The van der Waals surface area contributed by atoms with Crippen molar-refractivity contribution >= 4 is 17.5 Å². The third kappa shape index (κ3) is 2.62. The highest BCUT2D eigenvalue weighted by Gasteiger charge is 2.25. The third-order valence-corrected chi connectivity index (χ3v) is 3.31. The summed E-state index contributed by atoms with van der Waals surface area (Å²) in [4.78, 5) is 26.8. The number of phenolic OH excluding ortho intramolecular Hbond substituents is 1. The summed E-state index contributed by atoms with van der Waals surface area (Å²) in [5, 5.41) is 9.80. The van der Waals surface area contributed by atoms with Gasteiger partial charge >= 0.3 is 0 Å². The van der Waals surface area contributed by atoms with Crippen molar-refractivity contribution in [1.82, 2.24) is 9.80 Å². The van der Waals surface area contributed by atoms with Crippen molar-refractivity contribution < 1.29 is 14.7 Å². The number of carbonyl (C=O) groups excluding carboxylic acids is 2. The Hall–Kier alpha value is -2.24. The second-order valence-corrected chi connectivity index (χ2v) is 4.54. The van der Waals surface area contributed by atoms with Gasteiger partial charge < -0.3 is 20.6 Å². The van der Waals surface area contributed by atoms with Gasteiger partial charge in [-0.2, -0.15) is 0 Å². The molecule has 0 spiro atoms. The summed E-state index contributed by atoms with van der Waals surface area (Å²) in [5.41, 5.74) is 5.97. The van der Waals surface area contributed by atoms with Crippen LogP contribution in [0.25, 0.3) is 0 Å². The summed E-state index contributed by atoms with van der Waals surface area (Å²) in [6, 6.07) is 4.72. The van der Waals surface area contributed by atoms with Crippen molar-refractivity contribution in [2.45, 2.75) is 6.92 Å². The molecule has 1 heterocycles. The molecule has 0 aromatic heterocycles. The van der Waals surface area contributed by atoms with Gasteiger partial charge in [0.25, 0.3) is 5.91 Å². The number of carbonyl (C=O) groups is 2. The van der Waals surface area contributed by atoms with Crippen molar-refractivity contribution in [3.05, 3.63) is 23.8 Å². The monoisotopic (exact) mass is 263 g/mol. The van der Waals surface area contributed by atoms with Crippen LogP contribution in [0.15, 0.2) is 18.2 Å². The molecule has 1 aliphatic heterocycles. The van der Waals surface area contributed by atoms with E-state index in [2.05, 4.69) is 0 Å². The fourth-order valence-corrected chi connectivity index (χ4v) is 2.13. The van der Waals surface area contributed by atoms with Gasteiger partial charge in [0.1, 0.15) is 0 Å². The zero-order valence-electron chi connectivity index (χ0n) is 10.8. The van der Waals surface area contributed by atoms with Crippen LogP contribution in [0.1, 0.15) is 17.3 Å². The van der Waals surface area contributed by atoms with E-state index in [0.29, 0.717) is 26.2 Å². The number of anilines is 1. The fraction of sp³-hybridized carbons (Fsp3) is 0.385. The molecule has 0 unspecified atom stereocenters. The van der Waals surface area contributed by atoms with Crippen molar-refractivity contribution in [3.8, 4) is 5.75 Å². The minimum absolute atomic E-state index is 0.0129. The van der Waals surface area contributed by atoms with Crippen molar-refractivity contribution in [2.24, 2.45) is 0 Å². The molecular weight excluding hydrogens is 246 g/mol. The normalized spacial score (nSPS) is 15.4. The van der Waals surface area contributed by atoms with Crippen LogP contribution >= 0.6 is 0 Å². The lowest BCUT2D eigenvalue weighted by Gasteiger charge is -2.34. The minimum atomic E-state index is -0.256. The van der Waals surface area contributed by atoms with Crippen LogP contribution in [0.3, 0.4) is 0 Å². The number of phenols is 1. The topological polar surface area (TPSA) is 86.9 Å². The van der Waals surface area contributed by atoms with Crippen LogP contribution < -0.4 is 5.73 Å². The van der Waals surface area contributed by atoms with E-state index in [0.717, 1.165) is 0 Å². The summed E-state index contributed by atoms with van der Waals surface area (Å²) in [6.07, 6.45) is 0. The van der Waals surface area contributed by atoms with Gasteiger partial charge in [-0.3, -0.25) is 9.59 Å². The highest BCUT2D eigenvalue weighted by molar-refractivity contribution is 5.98. The predicted octanol–water partition coefficient (Wildman–Crippen LogP) is 0.279. The van der Waals surface area contributed by atoms with Gasteiger partial charge in [-0.1, -0.05) is 6.07 Å². The molecule has 0 aliphatic carbocycles. The Labute approximate surface area is 111 Å². The van der Waals surface area contributed by atoms with Gasteiger partial charge in [0.15, 0.2) is 5.75 Å². The molecule has 0 radical (unpaired) electrons. The van der Waals surface area contributed by atoms with Gasteiger partial charge in [-0.25, -0.2) is 0 Å². The standard InChI is InChI=1S/C13H17N3O3/c1-9(17)15-5-7-16(8-6-15)13(19)10-3-2-4-11(14)12(10)18/h2-4,18H,5-8,14H2,1H3. The maximum Gasteiger partial charge on any atom is 0.257 e. The minimum Gasteiger partial charge on any atom is -0.505 e. The molecule has 19 heavy (non-hydrogen) atoms. The molecule has 2 amide bonds. The van der Waals surface area contributed by atoms with Crippen LogP contribution in [0.2, 0.25) is 0 Å². The number of aromatic hydroxyl groups is 1. The summed E-state index contributed by atoms with van der Waals surface area (Å²) in [7, 11) is 0. The largest absolute Gasteiger partial charge is 0.505 e. The molecule has 6 nitrogen and oxygen atoms in total. The van der Waals surface area contributed by atoms with E-state index in [9.17, 15) is 14.7 Å². The molecular formula is C13H17N3O3. The number of nitrogens with zero attached hydrogens (tertiary/aromatic N) is 2. The van der Waals surface area contributed by atoms with Crippen LogP contribution in [-0.4, -0.2) is 52.9 Å². The molecule has 1 aromatic carbocycles. The van der Waals surface area contributed by atoms with Gasteiger partial charge in [0.05, 0.1) is 11.3 Å². The highest BCUT2D eigenvalue weighted by atomic mass is 16.3. The average molecular weight is 263 g/mol. The van der Waals surface area contributed by atoms with E-state index in [-0.39, 0.29) is 28.8 Å². The van der Waals surface area contributed by atoms with Gasteiger partial charge in [0.2, 0.25) is 5.91 Å². The summed E-state index contributed by atoms with van der Waals surface area (Å²) in [5.74, 6) is -0.423. The fourth-order valence-electron chi connectivity index (χ4n) is 2.13. The van der Waals surface area contributed by atoms with Crippen molar-refractivity contribution in [2.75, 3.05) is 31.9 Å². The van der Waals surface area contributed by atoms with Gasteiger partial charge in [0, 0.05) is 33.1 Å². The van der Waals surface area contributed by atoms with E-state index in [1.807, 2.05) is 0 Å². The van der Waals surface area contributed by atoms with E-state index in [4.69, 9.17) is 5.73 Å². The van der Waals surface area contributed by atoms with Crippen LogP contribution in [-0.2, 0) is 4.79 Å². The molecule has 102 valence electrons. The first-order chi connectivity index (χ1) is 9.00. The van der Waals surface area contributed by atoms with Crippen LogP contribution in [0, 0.1) is 0 Å². The first-order valence-electron chi connectivity index (χ1n) is 6.13. The number of piperazine rings is 1. The molecule has 1 aliphatic rings. The molecule has 0 bridgehead atoms. The molecule has 1 aromatic rings. The van der Waals surface area contributed by atoms with Crippen LogP contribution in [0.5, 0.6) is 5.75 Å². The Kier molecular flexibility index (Phi) is 3.59. The van der Waals surface area contributed by atoms with Gasteiger partial charge in [-0.15, -0.1) is 0 Å². The Morgan fingerprint density at radius 3 is 2.32 bits per heavy atom. The second kappa shape index (κ2) is 5.17. The number of benzene rings is 1. The number of amides is 2. The van der Waals surface area contributed by atoms with E-state index in [1.165, 1.54) is 6.92 Å². The second-order valence-electron chi connectivity index (χ2n) is 4.54. The average Bonchev–Trinajstić information content (AvgIpc) is 2.41. The molecule has 1 fully saturated rings. The summed E-state index contributed by atoms with van der Waals surface area (Å²) < 4.78 is 0. The smallest absolute Gasteiger partial charge is 0.257 e. The lowest BCUT2D eigenvalue weighted by Crippen LogP contribution is -2.50. The first kappa shape index (κ1) is 13.2. The molecule has 3 N–H and O–H groups in total. The Morgan fingerprint density at radius 1 is 1.16 bits per heavy atom. The summed E-state index contributed by atoms with van der Waals surface area (Å²) in [6.45, 7) is 3.48. The Balaban J connectivity index is 2.09. The third-order valence-electron chi connectivity index (χ3n) is 3.31. The lowest BCUT2D eigenvalue weighted by atomic mass is 10.1. The number of rotatable bonds is 1. The SMILES string of the molecule is CC(=O)N1CCN(C(=O)c2cccc(N)c2O)CC1. The zero-order valence-corrected chi connectivity index (χ0v) is 10.8. The van der Waals surface area contributed by atoms with E-state index >= 15 is 0 Å². The highest BCUT2D eigenvalue weighted by Crippen LogP contribution is 2.25. The molecule has 1 saturated heterocycles.